The van der Waals surface area contributed by atoms with Crippen molar-refractivity contribution in [3.05, 3.63) is 46.9 Å². The van der Waals surface area contributed by atoms with E-state index in [0.717, 1.165) is 0 Å². The Kier molecular flexibility index (Phi) is 4.20. The van der Waals surface area contributed by atoms with Gasteiger partial charge in [0.1, 0.15) is 16.4 Å². The van der Waals surface area contributed by atoms with Gasteiger partial charge in [0, 0.05) is 4.47 Å². The van der Waals surface area contributed by atoms with Crippen LogP contribution < -0.4 is 9.46 Å². The van der Waals surface area contributed by atoms with E-state index >= 15 is 0 Å². The first kappa shape index (κ1) is 14.7. The van der Waals surface area contributed by atoms with Gasteiger partial charge in [-0.2, -0.15) is 0 Å². The van der Waals surface area contributed by atoms with Crippen LogP contribution in [0.15, 0.2) is 51.8 Å². The average Bonchev–Trinajstić information content (AvgIpc) is 2.40. The lowest BCUT2D eigenvalue weighted by atomic mass is 10.3. The number of methoxy groups -OCH3 is 1. The van der Waals surface area contributed by atoms with E-state index in [4.69, 9.17) is 4.74 Å². The molecule has 2 aromatic rings. The molecule has 0 heterocycles. The van der Waals surface area contributed by atoms with Gasteiger partial charge in [0.05, 0.1) is 12.8 Å². The number of hydrogen-bond acceptors (Lipinski definition) is 4. The molecule has 0 fully saturated rings. The van der Waals surface area contributed by atoms with E-state index in [0.29, 0.717) is 4.47 Å². The van der Waals surface area contributed by atoms with Crippen LogP contribution in [0.25, 0.3) is 0 Å². The first-order chi connectivity index (χ1) is 9.44. The summed E-state index contributed by atoms with van der Waals surface area (Å²) in [6, 6.07) is 10.7. The van der Waals surface area contributed by atoms with Crippen molar-refractivity contribution in [2.75, 3.05) is 11.8 Å². The molecule has 0 aliphatic heterocycles. The summed E-state index contributed by atoms with van der Waals surface area (Å²) in [5.41, 5.74) is 0.109. The summed E-state index contributed by atoms with van der Waals surface area (Å²) in [5, 5.41) is 9.63. The molecule has 0 saturated carbocycles. The quantitative estimate of drug-likeness (QED) is 0.824. The van der Waals surface area contributed by atoms with Gasteiger partial charge in [-0.15, -0.1) is 0 Å². The van der Waals surface area contributed by atoms with Gasteiger partial charge in [-0.25, -0.2) is 8.42 Å². The van der Waals surface area contributed by atoms with Crippen LogP contribution in [0.5, 0.6) is 11.5 Å². The van der Waals surface area contributed by atoms with Crippen molar-refractivity contribution in [1.29, 1.82) is 0 Å². The summed E-state index contributed by atoms with van der Waals surface area (Å²) < 4.78 is 32.8. The molecule has 2 aromatic carbocycles. The second-order valence-corrected chi connectivity index (χ2v) is 6.48. The maximum atomic E-state index is 12.3. The average molecular weight is 358 g/mol. The lowest BCUT2D eigenvalue weighted by Gasteiger charge is -2.12. The molecule has 7 heteroatoms. The van der Waals surface area contributed by atoms with Crippen LogP contribution in [-0.4, -0.2) is 20.6 Å². The second kappa shape index (κ2) is 5.72. The number of para-hydroxylation sites is 2. The third-order valence-corrected chi connectivity index (χ3v) is 4.46. The van der Waals surface area contributed by atoms with Gasteiger partial charge in [-0.05, 0) is 30.3 Å². The normalized spacial score (nSPS) is 11.1. The highest BCUT2D eigenvalue weighted by atomic mass is 79.9. The van der Waals surface area contributed by atoms with Gasteiger partial charge >= 0.3 is 0 Å². The molecule has 2 N–H and O–H groups in total. The molecular formula is C13H12BrNO4S. The monoisotopic (exact) mass is 357 g/mol. The van der Waals surface area contributed by atoms with Gasteiger partial charge in [-0.3, -0.25) is 4.72 Å². The minimum absolute atomic E-state index is 0.00791. The third kappa shape index (κ3) is 3.05. The van der Waals surface area contributed by atoms with Crippen LogP contribution in [0.4, 0.5) is 5.69 Å². The molecule has 0 aliphatic rings. The molecule has 0 amide bonds. The number of hydrogen-bond donors (Lipinski definition) is 2. The summed E-state index contributed by atoms with van der Waals surface area (Å²) in [5.74, 6) is 0.0643. The molecule has 5 nitrogen and oxygen atoms in total. The smallest absolute Gasteiger partial charge is 0.265 e. The first-order valence-corrected chi connectivity index (χ1v) is 7.86. The number of aromatic hydroxyl groups is 1. The Labute approximate surface area is 125 Å². The number of anilines is 1. The number of nitrogens with one attached hydrogen (secondary N) is 1. The first-order valence-electron chi connectivity index (χ1n) is 5.58. The predicted molar refractivity (Wildman–Crippen MR) is 79.6 cm³/mol. The van der Waals surface area contributed by atoms with Crippen molar-refractivity contribution in [3.63, 3.8) is 0 Å². The molecule has 0 spiro atoms. The minimum Gasteiger partial charge on any atom is -0.506 e. The Morgan fingerprint density at radius 1 is 1.20 bits per heavy atom. The maximum absolute atomic E-state index is 12.3. The summed E-state index contributed by atoms with van der Waals surface area (Å²) in [4.78, 5) is -0.00791. The maximum Gasteiger partial charge on any atom is 0.265 e. The molecular weight excluding hydrogens is 346 g/mol. The van der Waals surface area contributed by atoms with Crippen molar-refractivity contribution in [1.82, 2.24) is 0 Å². The SMILES string of the molecule is COc1cc(Br)ccc1S(=O)(=O)Nc1ccccc1O. The molecule has 0 unspecified atom stereocenters. The number of ether oxygens (including phenoxy) is 1. The van der Waals surface area contributed by atoms with Crippen molar-refractivity contribution < 1.29 is 18.3 Å². The summed E-state index contributed by atoms with van der Waals surface area (Å²) in [6.07, 6.45) is 0. The molecule has 0 atom stereocenters. The van der Waals surface area contributed by atoms with Gasteiger partial charge in [0.15, 0.2) is 0 Å². The second-order valence-electron chi connectivity index (χ2n) is 3.92. The molecule has 106 valence electrons. The van der Waals surface area contributed by atoms with E-state index in [2.05, 4.69) is 20.7 Å². The van der Waals surface area contributed by atoms with Gasteiger partial charge in [0.25, 0.3) is 10.0 Å². The molecule has 2 rings (SSSR count). The Morgan fingerprint density at radius 2 is 1.90 bits per heavy atom. The van der Waals surface area contributed by atoms with Crippen LogP contribution in [0.3, 0.4) is 0 Å². The summed E-state index contributed by atoms with van der Waals surface area (Å²) in [7, 11) is -2.46. The Hall–Kier alpha value is -1.73. The van der Waals surface area contributed by atoms with Crippen molar-refractivity contribution in [2.24, 2.45) is 0 Å². The summed E-state index contributed by atoms with van der Waals surface area (Å²) >= 11 is 3.25. The third-order valence-electron chi connectivity index (χ3n) is 2.56. The summed E-state index contributed by atoms with van der Waals surface area (Å²) in [6.45, 7) is 0. The van der Waals surface area contributed by atoms with Gasteiger partial charge in [0.2, 0.25) is 0 Å². The zero-order valence-electron chi connectivity index (χ0n) is 10.5. The molecule has 20 heavy (non-hydrogen) atoms. The van der Waals surface area contributed by atoms with Crippen LogP contribution in [0, 0.1) is 0 Å². The van der Waals surface area contributed by atoms with Gasteiger partial charge < -0.3 is 9.84 Å². The molecule has 0 aromatic heterocycles. The Balaban J connectivity index is 2.44. The van der Waals surface area contributed by atoms with E-state index in [1.165, 1.54) is 25.3 Å². The molecule has 0 aliphatic carbocycles. The predicted octanol–water partition coefficient (Wildman–Crippen LogP) is 2.96. The lowest BCUT2D eigenvalue weighted by molar-refractivity contribution is 0.402. The molecule has 0 radical (unpaired) electrons. The zero-order chi connectivity index (χ0) is 14.8. The fourth-order valence-corrected chi connectivity index (χ4v) is 3.19. The van der Waals surface area contributed by atoms with Crippen LogP contribution in [-0.2, 0) is 10.0 Å². The van der Waals surface area contributed by atoms with Crippen molar-refractivity contribution in [2.45, 2.75) is 4.90 Å². The number of benzene rings is 2. The zero-order valence-corrected chi connectivity index (χ0v) is 12.9. The standard InChI is InChI=1S/C13H12BrNO4S/c1-19-12-8-9(14)6-7-13(12)20(17,18)15-10-4-2-3-5-11(10)16/h2-8,15-16H,1H3. The highest BCUT2D eigenvalue weighted by molar-refractivity contribution is 9.10. The fraction of sp³-hybridized carbons (Fsp3) is 0.0769. The fourth-order valence-electron chi connectivity index (χ4n) is 1.62. The Bertz CT molecular complexity index is 731. The van der Waals surface area contributed by atoms with Crippen LogP contribution in [0.1, 0.15) is 0 Å². The largest absolute Gasteiger partial charge is 0.506 e. The number of phenolic OH excluding ortho intramolecular Hbond substituents is 1. The number of halogens is 1. The minimum atomic E-state index is -3.85. The lowest BCUT2D eigenvalue weighted by Crippen LogP contribution is -2.14. The van der Waals surface area contributed by atoms with Crippen LogP contribution in [0.2, 0.25) is 0 Å². The number of rotatable bonds is 4. The topological polar surface area (TPSA) is 75.6 Å². The van der Waals surface area contributed by atoms with Crippen molar-refractivity contribution >= 4 is 31.6 Å². The van der Waals surface area contributed by atoms with Gasteiger partial charge in [-0.1, -0.05) is 28.1 Å². The van der Waals surface area contributed by atoms with Crippen molar-refractivity contribution in [3.8, 4) is 11.5 Å². The van der Waals surface area contributed by atoms with E-state index in [1.54, 1.807) is 24.3 Å². The highest BCUT2D eigenvalue weighted by Gasteiger charge is 2.20. The van der Waals surface area contributed by atoms with E-state index < -0.39 is 10.0 Å². The molecule has 0 saturated heterocycles. The highest BCUT2D eigenvalue weighted by Crippen LogP contribution is 2.31. The Morgan fingerprint density at radius 3 is 2.55 bits per heavy atom. The van der Waals surface area contributed by atoms with E-state index in [1.807, 2.05) is 0 Å². The van der Waals surface area contributed by atoms with E-state index in [9.17, 15) is 13.5 Å². The molecule has 0 bridgehead atoms. The number of phenols is 1. The van der Waals surface area contributed by atoms with E-state index in [-0.39, 0.29) is 22.1 Å². The number of sulfonamides is 1. The van der Waals surface area contributed by atoms with Crippen LogP contribution >= 0.6 is 15.9 Å².